The number of nitrogens with zero attached hydrogens (tertiary/aromatic N) is 2. The summed E-state index contributed by atoms with van der Waals surface area (Å²) in [6.07, 6.45) is -3.70. The average Bonchev–Trinajstić information content (AvgIpc) is 2.37. The van der Waals surface area contributed by atoms with Gasteiger partial charge in [-0.25, -0.2) is 9.78 Å². The number of hydrogen-bond donors (Lipinski definition) is 1. The summed E-state index contributed by atoms with van der Waals surface area (Å²) in [4.78, 5) is 16.7. The highest BCUT2D eigenvalue weighted by Crippen LogP contribution is 2.34. The van der Waals surface area contributed by atoms with Crippen molar-refractivity contribution in [1.29, 1.82) is 0 Å². The van der Waals surface area contributed by atoms with E-state index in [1.807, 2.05) is 0 Å². The molecule has 1 fully saturated rings. The van der Waals surface area contributed by atoms with Gasteiger partial charge in [0.25, 0.3) is 0 Å². The average molecular weight is 288 g/mol. The van der Waals surface area contributed by atoms with Crippen LogP contribution < -0.4 is 4.90 Å². The van der Waals surface area contributed by atoms with Crippen molar-refractivity contribution in [3.63, 3.8) is 0 Å². The van der Waals surface area contributed by atoms with Crippen LogP contribution >= 0.6 is 0 Å². The number of aryl methyl sites for hydroxylation is 1. The lowest BCUT2D eigenvalue weighted by molar-refractivity contribution is -0.176. The SMILES string of the molecule is Cc1cc(C(=O)O)cc(N2CCCC(C(F)(F)F)C2)n1. The lowest BCUT2D eigenvalue weighted by atomic mass is 9.97. The van der Waals surface area contributed by atoms with Gasteiger partial charge in [-0.05, 0) is 31.9 Å². The Kier molecular flexibility index (Phi) is 3.87. The number of piperidine rings is 1. The number of halogens is 3. The van der Waals surface area contributed by atoms with E-state index in [2.05, 4.69) is 4.98 Å². The molecule has 0 aliphatic carbocycles. The minimum Gasteiger partial charge on any atom is -0.478 e. The molecule has 1 saturated heterocycles. The van der Waals surface area contributed by atoms with Crippen LogP contribution in [0.1, 0.15) is 28.9 Å². The monoisotopic (exact) mass is 288 g/mol. The van der Waals surface area contributed by atoms with E-state index in [4.69, 9.17) is 5.11 Å². The van der Waals surface area contributed by atoms with Gasteiger partial charge in [-0.3, -0.25) is 0 Å². The Labute approximate surface area is 114 Å². The van der Waals surface area contributed by atoms with Gasteiger partial charge in [0.15, 0.2) is 0 Å². The van der Waals surface area contributed by atoms with Gasteiger partial charge in [0.05, 0.1) is 11.5 Å². The molecule has 7 heteroatoms. The van der Waals surface area contributed by atoms with Crippen LogP contribution in [0.5, 0.6) is 0 Å². The van der Waals surface area contributed by atoms with Crippen LogP contribution in [0.4, 0.5) is 19.0 Å². The maximum absolute atomic E-state index is 12.8. The highest BCUT2D eigenvalue weighted by molar-refractivity contribution is 5.88. The highest BCUT2D eigenvalue weighted by atomic mass is 19.4. The van der Waals surface area contributed by atoms with Gasteiger partial charge < -0.3 is 10.0 Å². The summed E-state index contributed by atoms with van der Waals surface area (Å²) in [6, 6.07) is 2.73. The quantitative estimate of drug-likeness (QED) is 0.909. The van der Waals surface area contributed by atoms with Gasteiger partial charge in [0.1, 0.15) is 5.82 Å². The van der Waals surface area contributed by atoms with Gasteiger partial charge in [0, 0.05) is 18.8 Å². The first-order chi connectivity index (χ1) is 9.27. The van der Waals surface area contributed by atoms with Crippen molar-refractivity contribution in [1.82, 2.24) is 4.98 Å². The molecule has 20 heavy (non-hydrogen) atoms. The zero-order chi connectivity index (χ0) is 14.9. The lowest BCUT2D eigenvalue weighted by Gasteiger charge is -2.34. The molecule has 0 radical (unpaired) electrons. The molecule has 1 unspecified atom stereocenters. The largest absolute Gasteiger partial charge is 0.478 e. The second-order valence-electron chi connectivity index (χ2n) is 4.99. The second-order valence-corrected chi connectivity index (χ2v) is 4.99. The van der Waals surface area contributed by atoms with E-state index in [1.54, 1.807) is 6.92 Å². The van der Waals surface area contributed by atoms with Gasteiger partial charge in [-0.15, -0.1) is 0 Å². The second kappa shape index (κ2) is 5.30. The maximum Gasteiger partial charge on any atom is 0.393 e. The molecule has 2 rings (SSSR count). The Morgan fingerprint density at radius 3 is 2.75 bits per heavy atom. The minimum atomic E-state index is -4.22. The Morgan fingerprint density at radius 1 is 1.45 bits per heavy atom. The highest BCUT2D eigenvalue weighted by Gasteiger charge is 2.42. The van der Waals surface area contributed by atoms with E-state index in [9.17, 15) is 18.0 Å². The molecule has 1 aromatic rings. The molecule has 1 N–H and O–H groups in total. The first kappa shape index (κ1) is 14.6. The summed E-state index contributed by atoms with van der Waals surface area (Å²) in [7, 11) is 0. The van der Waals surface area contributed by atoms with E-state index < -0.39 is 18.1 Å². The number of alkyl halides is 3. The molecule has 0 amide bonds. The van der Waals surface area contributed by atoms with Crippen molar-refractivity contribution in [3.05, 3.63) is 23.4 Å². The summed E-state index contributed by atoms with van der Waals surface area (Å²) < 4.78 is 38.3. The summed E-state index contributed by atoms with van der Waals surface area (Å²) in [6.45, 7) is 1.92. The molecule has 110 valence electrons. The Balaban J connectivity index is 2.25. The van der Waals surface area contributed by atoms with Gasteiger partial charge >= 0.3 is 12.1 Å². The summed E-state index contributed by atoms with van der Waals surface area (Å²) in [5, 5.41) is 8.99. The molecule has 1 aliphatic heterocycles. The molecule has 1 atom stereocenters. The number of carbonyl (C=O) groups is 1. The number of hydrogen-bond acceptors (Lipinski definition) is 3. The predicted molar refractivity (Wildman–Crippen MR) is 66.9 cm³/mol. The van der Waals surface area contributed by atoms with Crippen LogP contribution in [0.2, 0.25) is 0 Å². The predicted octanol–water partition coefficient (Wildman–Crippen LogP) is 2.87. The number of pyridine rings is 1. The number of carboxylic acids is 1. The molecule has 0 spiro atoms. The minimum absolute atomic E-state index is 0.0432. The van der Waals surface area contributed by atoms with E-state index in [1.165, 1.54) is 17.0 Å². The van der Waals surface area contributed by atoms with E-state index in [0.29, 0.717) is 24.5 Å². The van der Waals surface area contributed by atoms with Crippen LogP contribution in [0.15, 0.2) is 12.1 Å². The van der Waals surface area contributed by atoms with Crippen LogP contribution in [0.3, 0.4) is 0 Å². The molecule has 2 heterocycles. The molecule has 4 nitrogen and oxygen atoms in total. The summed E-state index contributed by atoms with van der Waals surface area (Å²) in [5.41, 5.74) is 0.524. The molecular weight excluding hydrogens is 273 g/mol. The third-order valence-corrected chi connectivity index (χ3v) is 3.40. The van der Waals surface area contributed by atoms with Gasteiger partial charge in [0.2, 0.25) is 0 Å². The molecule has 0 bridgehead atoms. The molecule has 0 aromatic carbocycles. The van der Waals surface area contributed by atoms with E-state index >= 15 is 0 Å². The van der Waals surface area contributed by atoms with Crippen LogP contribution in [-0.2, 0) is 0 Å². The number of rotatable bonds is 2. The van der Waals surface area contributed by atoms with Crippen LogP contribution in [-0.4, -0.2) is 35.3 Å². The first-order valence-electron chi connectivity index (χ1n) is 6.31. The standard InChI is InChI=1S/C13H15F3N2O2/c1-8-5-9(12(19)20)6-11(17-8)18-4-2-3-10(7-18)13(14,15)16/h5-6,10H,2-4,7H2,1H3,(H,19,20). The van der Waals surface area contributed by atoms with Crippen molar-refractivity contribution in [2.45, 2.75) is 25.9 Å². The number of anilines is 1. The van der Waals surface area contributed by atoms with Crippen molar-refractivity contribution in [2.75, 3.05) is 18.0 Å². The topological polar surface area (TPSA) is 53.4 Å². The maximum atomic E-state index is 12.8. The van der Waals surface area contributed by atoms with Crippen molar-refractivity contribution >= 4 is 11.8 Å². The van der Waals surface area contributed by atoms with Crippen LogP contribution in [0.25, 0.3) is 0 Å². The van der Waals surface area contributed by atoms with Crippen molar-refractivity contribution < 1.29 is 23.1 Å². The third-order valence-electron chi connectivity index (χ3n) is 3.40. The fourth-order valence-corrected chi connectivity index (χ4v) is 2.39. The smallest absolute Gasteiger partial charge is 0.393 e. The first-order valence-corrected chi connectivity index (χ1v) is 6.31. The number of carboxylic acid groups (broad SMARTS) is 1. The van der Waals surface area contributed by atoms with Gasteiger partial charge in [-0.2, -0.15) is 13.2 Å². The van der Waals surface area contributed by atoms with E-state index in [-0.39, 0.29) is 18.5 Å². The molecule has 0 saturated carbocycles. The van der Waals surface area contributed by atoms with Crippen LogP contribution in [0, 0.1) is 12.8 Å². The zero-order valence-corrected chi connectivity index (χ0v) is 10.9. The molecule has 1 aliphatic rings. The summed E-state index contributed by atoms with van der Waals surface area (Å²) in [5.74, 6) is -2.19. The number of aromatic carboxylic acids is 1. The zero-order valence-electron chi connectivity index (χ0n) is 10.9. The van der Waals surface area contributed by atoms with Gasteiger partial charge in [-0.1, -0.05) is 0 Å². The fourth-order valence-electron chi connectivity index (χ4n) is 2.39. The number of aromatic nitrogens is 1. The fraction of sp³-hybridized carbons (Fsp3) is 0.538. The Hall–Kier alpha value is -1.79. The normalized spacial score (nSPS) is 20.0. The Morgan fingerprint density at radius 2 is 2.15 bits per heavy atom. The third kappa shape index (κ3) is 3.20. The Bertz CT molecular complexity index is 517. The van der Waals surface area contributed by atoms with Crippen molar-refractivity contribution in [3.8, 4) is 0 Å². The molecule has 1 aromatic heterocycles. The molecular formula is C13H15F3N2O2. The summed E-state index contributed by atoms with van der Waals surface area (Å²) >= 11 is 0. The van der Waals surface area contributed by atoms with E-state index in [0.717, 1.165) is 0 Å². The lowest BCUT2D eigenvalue weighted by Crippen LogP contribution is -2.42. The van der Waals surface area contributed by atoms with Crippen molar-refractivity contribution in [2.24, 2.45) is 5.92 Å².